The summed E-state index contributed by atoms with van der Waals surface area (Å²) in [4.78, 5) is 47.2. The fourth-order valence-electron chi connectivity index (χ4n) is 2.88. The normalized spacial score (nSPS) is 12.4. The number of rotatable bonds is 11. The highest BCUT2D eigenvalue weighted by Crippen LogP contribution is 2.07. The standard InChI is InChI=1S/C22H24N2O6/c25-19(12-11-15-7-3-1-4-8-15)23-17(13-16-9-5-2-6-10-16)21(28)24-18(22(29)30)14-20(26)27/h1-10,17-18H,11-14H2,(H,23,25)(H,24,28)(H,26,27)(H,29,30)/t17-,18-/m0/s1. The predicted molar refractivity (Wildman–Crippen MR) is 109 cm³/mol. The largest absolute Gasteiger partial charge is 0.481 e. The lowest BCUT2D eigenvalue weighted by Crippen LogP contribution is -2.53. The van der Waals surface area contributed by atoms with Crippen LogP contribution in [0.2, 0.25) is 0 Å². The number of nitrogens with one attached hydrogen (secondary N) is 2. The molecule has 30 heavy (non-hydrogen) atoms. The number of aryl methyl sites for hydroxylation is 1. The molecule has 158 valence electrons. The highest BCUT2D eigenvalue weighted by Gasteiger charge is 2.28. The zero-order valence-electron chi connectivity index (χ0n) is 16.3. The lowest BCUT2D eigenvalue weighted by atomic mass is 10.0. The van der Waals surface area contributed by atoms with E-state index in [4.69, 9.17) is 10.2 Å². The summed E-state index contributed by atoms with van der Waals surface area (Å²) in [5, 5.41) is 22.9. The number of benzene rings is 2. The van der Waals surface area contributed by atoms with Crippen LogP contribution < -0.4 is 10.6 Å². The molecule has 8 heteroatoms. The lowest BCUT2D eigenvalue weighted by Gasteiger charge is -2.21. The Hall–Kier alpha value is -3.68. The third-order valence-electron chi connectivity index (χ3n) is 4.41. The Bertz CT molecular complexity index is 870. The number of carbonyl (C=O) groups is 4. The number of hydrogen-bond donors (Lipinski definition) is 4. The average molecular weight is 412 g/mol. The van der Waals surface area contributed by atoms with E-state index in [0.29, 0.717) is 6.42 Å². The molecule has 2 aromatic rings. The maximum atomic E-state index is 12.7. The lowest BCUT2D eigenvalue weighted by molar-refractivity contribution is -0.147. The topological polar surface area (TPSA) is 133 Å². The van der Waals surface area contributed by atoms with E-state index in [1.807, 2.05) is 36.4 Å². The van der Waals surface area contributed by atoms with Crippen molar-refractivity contribution in [2.24, 2.45) is 0 Å². The second kappa shape index (κ2) is 11.4. The van der Waals surface area contributed by atoms with E-state index in [-0.39, 0.29) is 18.7 Å². The van der Waals surface area contributed by atoms with Gasteiger partial charge in [-0.05, 0) is 17.5 Å². The quantitative estimate of drug-likeness (QED) is 0.441. The Kier molecular flexibility index (Phi) is 8.56. The number of carboxylic acid groups (broad SMARTS) is 2. The summed E-state index contributed by atoms with van der Waals surface area (Å²) in [6, 6.07) is 15.7. The van der Waals surface area contributed by atoms with Gasteiger partial charge in [-0.15, -0.1) is 0 Å². The fraction of sp³-hybridized carbons (Fsp3) is 0.273. The van der Waals surface area contributed by atoms with Gasteiger partial charge in [0.2, 0.25) is 11.8 Å². The molecule has 0 saturated heterocycles. The molecule has 0 saturated carbocycles. The maximum absolute atomic E-state index is 12.7. The first-order chi connectivity index (χ1) is 14.3. The molecular weight excluding hydrogens is 388 g/mol. The second-order valence-corrected chi connectivity index (χ2v) is 6.79. The fourth-order valence-corrected chi connectivity index (χ4v) is 2.88. The van der Waals surface area contributed by atoms with Gasteiger partial charge in [0, 0.05) is 12.8 Å². The van der Waals surface area contributed by atoms with Crippen molar-refractivity contribution in [3.05, 3.63) is 71.8 Å². The summed E-state index contributed by atoms with van der Waals surface area (Å²) >= 11 is 0. The number of hydrogen-bond acceptors (Lipinski definition) is 4. The zero-order valence-corrected chi connectivity index (χ0v) is 16.3. The SMILES string of the molecule is O=C(O)C[C@H](NC(=O)[C@H](Cc1ccccc1)NC(=O)CCc1ccccc1)C(=O)O. The van der Waals surface area contributed by atoms with E-state index >= 15 is 0 Å². The zero-order chi connectivity index (χ0) is 21.9. The summed E-state index contributed by atoms with van der Waals surface area (Å²) in [7, 11) is 0. The van der Waals surface area contributed by atoms with Crippen molar-refractivity contribution in [3.8, 4) is 0 Å². The molecule has 2 atom stereocenters. The van der Waals surface area contributed by atoms with Gasteiger partial charge in [-0.3, -0.25) is 14.4 Å². The van der Waals surface area contributed by atoms with Gasteiger partial charge in [-0.2, -0.15) is 0 Å². The minimum atomic E-state index is -1.59. The van der Waals surface area contributed by atoms with Crippen LogP contribution in [0.15, 0.2) is 60.7 Å². The van der Waals surface area contributed by atoms with Crippen LogP contribution in [0.5, 0.6) is 0 Å². The molecule has 2 amide bonds. The van der Waals surface area contributed by atoms with E-state index in [0.717, 1.165) is 11.1 Å². The molecule has 0 aromatic heterocycles. The monoisotopic (exact) mass is 412 g/mol. The van der Waals surface area contributed by atoms with E-state index in [1.54, 1.807) is 24.3 Å². The minimum Gasteiger partial charge on any atom is -0.481 e. The number of aliphatic carboxylic acids is 2. The Morgan fingerprint density at radius 2 is 1.33 bits per heavy atom. The van der Waals surface area contributed by atoms with Crippen LogP contribution in [-0.2, 0) is 32.0 Å². The summed E-state index contributed by atoms with van der Waals surface area (Å²) in [5.41, 5.74) is 1.75. The van der Waals surface area contributed by atoms with Crippen molar-refractivity contribution >= 4 is 23.8 Å². The van der Waals surface area contributed by atoms with Gasteiger partial charge in [0.25, 0.3) is 0 Å². The highest BCUT2D eigenvalue weighted by molar-refractivity contribution is 5.92. The van der Waals surface area contributed by atoms with Crippen molar-refractivity contribution in [2.75, 3.05) is 0 Å². The van der Waals surface area contributed by atoms with E-state index < -0.39 is 36.4 Å². The smallest absolute Gasteiger partial charge is 0.326 e. The Labute approximate surface area is 173 Å². The van der Waals surface area contributed by atoms with Crippen molar-refractivity contribution in [2.45, 2.75) is 37.8 Å². The van der Waals surface area contributed by atoms with Gasteiger partial charge in [-0.25, -0.2) is 4.79 Å². The van der Waals surface area contributed by atoms with Crippen LogP contribution in [0.25, 0.3) is 0 Å². The molecular formula is C22H24N2O6. The van der Waals surface area contributed by atoms with Crippen molar-refractivity contribution in [1.29, 1.82) is 0 Å². The van der Waals surface area contributed by atoms with Crippen molar-refractivity contribution in [3.63, 3.8) is 0 Å². The first-order valence-electron chi connectivity index (χ1n) is 9.47. The number of amides is 2. The van der Waals surface area contributed by atoms with E-state index in [9.17, 15) is 19.2 Å². The van der Waals surface area contributed by atoms with Crippen LogP contribution in [0.4, 0.5) is 0 Å². The molecule has 0 heterocycles. The van der Waals surface area contributed by atoms with Crippen LogP contribution >= 0.6 is 0 Å². The van der Waals surface area contributed by atoms with Gasteiger partial charge in [0.15, 0.2) is 0 Å². The second-order valence-electron chi connectivity index (χ2n) is 6.79. The van der Waals surface area contributed by atoms with Gasteiger partial charge >= 0.3 is 11.9 Å². The molecule has 0 bridgehead atoms. The predicted octanol–water partition coefficient (Wildman–Crippen LogP) is 1.39. The first-order valence-corrected chi connectivity index (χ1v) is 9.47. The number of carbonyl (C=O) groups excluding carboxylic acids is 2. The molecule has 0 spiro atoms. The summed E-state index contributed by atoms with van der Waals surface area (Å²) < 4.78 is 0. The molecule has 8 nitrogen and oxygen atoms in total. The van der Waals surface area contributed by atoms with Crippen LogP contribution in [0.1, 0.15) is 24.0 Å². The highest BCUT2D eigenvalue weighted by atomic mass is 16.4. The molecule has 0 aliphatic heterocycles. The Morgan fingerprint density at radius 3 is 1.87 bits per heavy atom. The van der Waals surface area contributed by atoms with E-state index in [2.05, 4.69) is 10.6 Å². The van der Waals surface area contributed by atoms with Crippen molar-refractivity contribution in [1.82, 2.24) is 10.6 Å². The molecule has 2 rings (SSSR count). The van der Waals surface area contributed by atoms with E-state index in [1.165, 1.54) is 0 Å². The summed E-state index contributed by atoms with van der Waals surface area (Å²) in [6.07, 6.45) is 0.0213. The third kappa shape index (κ3) is 7.75. The molecule has 2 aromatic carbocycles. The molecule has 0 fully saturated rings. The van der Waals surface area contributed by atoms with Gasteiger partial charge in [0.1, 0.15) is 12.1 Å². The number of carboxylic acids is 2. The first kappa shape index (κ1) is 22.6. The van der Waals surface area contributed by atoms with Gasteiger partial charge in [0.05, 0.1) is 6.42 Å². The van der Waals surface area contributed by atoms with Gasteiger partial charge in [-0.1, -0.05) is 60.7 Å². The minimum absolute atomic E-state index is 0.142. The van der Waals surface area contributed by atoms with Crippen molar-refractivity contribution < 1.29 is 29.4 Å². The molecule has 0 radical (unpaired) electrons. The Morgan fingerprint density at radius 1 is 0.767 bits per heavy atom. The molecule has 0 aliphatic carbocycles. The molecule has 0 unspecified atom stereocenters. The summed E-state index contributed by atoms with van der Waals surface area (Å²) in [6.45, 7) is 0. The average Bonchev–Trinajstić information content (AvgIpc) is 2.72. The maximum Gasteiger partial charge on any atom is 0.326 e. The van der Waals surface area contributed by atoms with Crippen LogP contribution in [0.3, 0.4) is 0 Å². The van der Waals surface area contributed by atoms with Gasteiger partial charge < -0.3 is 20.8 Å². The van der Waals surface area contributed by atoms with Crippen LogP contribution in [-0.4, -0.2) is 46.0 Å². The molecule has 0 aliphatic rings. The Balaban J connectivity index is 2.06. The summed E-state index contributed by atoms with van der Waals surface area (Å²) in [5.74, 6) is -3.92. The van der Waals surface area contributed by atoms with Crippen LogP contribution in [0, 0.1) is 0 Å². The molecule has 4 N–H and O–H groups in total. The third-order valence-corrected chi connectivity index (χ3v) is 4.41.